The minimum absolute atomic E-state index is 0. The number of hydrogen-bond donors (Lipinski definition) is 2. The van der Waals surface area contributed by atoms with E-state index in [1.54, 1.807) is 6.07 Å². The summed E-state index contributed by atoms with van der Waals surface area (Å²) < 4.78 is 11.4. The lowest BCUT2D eigenvalue weighted by atomic mass is 10.1. The highest BCUT2D eigenvalue weighted by atomic mass is 79.9. The van der Waals surface area contributed by atoms with Gasteiger partial charge in [-0.15, -0.1) is 12.4 Å². The zero-order chi connectivity index (χ0) is 11.5. The van der Waals surface area contributed by atoms with Crippen LogP contribution in [0.2, 0.25) is 0 Å². The van der Waals surface area contributed by atoms with Gasteiger partial charge in [0.05, 0.1) is 26.4 Å². The van der Waals surface area contributed by atoms with Crippen LogP contribution in [0.15, 0.2) is 16.6 Å². The van der Waals surface area contributed by atoms with Crippen molar-refractivity contribution in [3.63, 3.8) is 0 Å². The van der Waals surface area contributed by atoms with Gasteiger partial charge in [0, 0.05) is 16.6 Å². The van der Waals surface area contributed by atoms with Crippen LogP contribution in [-0.2, 0) is 4.74 Å². The van der Waals surface area contributed by atoms with Gasteiger partial charge in [-0.3, -0.25) is 0 Å². The van der Waals surface area contributed by atoms with Crippen LogP contribution < -0.4 is 10.1 Å². The van der Waals surface area contributed by atoms with E-state index in [1.165, 1.54) is 7.11 Å². The first kappa shape index (κ1) is 14.6. The van der Waals surface area contributed by atoms with Gasteiger partial charge in [-0.05, 0) is 12.1 Å². The van der Waals surface area contributed by atoms with Gasteiger partial charge in [0.25, 0.3) is 0 Å². The monoisotopic (exact) mass is 323 g/mol. The molecular formula is C11H15BrClNO3. The van der Waals surface area contributed by atoms with Crippen molar-refractivity contribution in [1.82, 2.24) is 5.32 Å². The van der Waals surface area contributed by atoms with Crippen LogP contribution >= 0.6 is 28.3 Å². The first-order valence-electron chi connectivity index (χ1n) is 5.10. The minimum atomic E-state index is 0. The van der Waals surface area contributed by atoms with E-state index in [2.05, 4.69) is 21.2 Å². The Morgan fingerprint density at radius 3 is 2.88 bits per heavy atom. The summed E-state index contributed by atoms with van der Waals surface area (Å²) in [5.41, 5.74) is 0.797. The fourth-order valence-corrected chi connectivity index (χ4v) is 2.24. The molecule has 1 atom stereocenters. The van der Waals surface area contributed by atoms with E-state index in [4.69, 9.17) is 9.47 Å². The molecule has 96 valence electrons. The van der Waals surface area contributed by atoms with Gasteiger partial charge in [-0.1, -0.05) is 15.9 Å². The van der Waals surface area contributed by atoms with Crippen molar-refractivity contribution in [2.45, 2.75) is 6.04 Å². The quantitative estimate of drug-likeness (QED) is 0.876. The number of methoxy groups -OCH3 is 1. The molecule has 1 saturated heterocycles. The molecule has 4 nitrogen and oxygen atoms in total. The fourth-order valence-electron chi connectivity index (χ4n) is 1.78. The molecule has 1 fully saturated rings. The van der Waals surface area contributed by atoms with Crippen molar-refractivity contribution >= 4 is 28.3 Å². The van der Waals surface area contributed by atoms with Crippen molar-refractivity contribution in [1.29, 1.82) is 0 Å². The van der Waals surface area contributed by atoms with E-state index in [9.17, 15) is 5.11 Å². The van der Waals surface area contributed by atoms with Crippen molar-refractivity contribution in [3.05, 3.63) is 22.2 Å². The summed E-state index contributed by atoms with van der Waals surface area (Å²) in [6.07, 6.45) is 0. The molecule has 1 aliphatic rings. The molecule has 0 aliphatic carbocycles. The second-order valence-corrected chi connectivity index (χ2v) is 4.54. The van der Waals surface area contributed by atoms with Crippen LogP contribution in [0.4, 0.5) is 0 Å². The molecule has 6 heteroatoms. The van der Waals surface area contributed by atoms with Crippen LogP contribution in [0.25, 0.3) is 0 Å². The van der Waals surface area contributed by atoms with Crippen molar-refractivity contribution in [2.24, 2.45) is 0 Å². The Hall–Kier alpha value is -0.490. The van der Waals surface area contributed by atoms with Gasteiger partial charge in [0.2, 0.25) is 0 Å². The van der Waals surface area contributed by atoms with Crippen molar-refractivity contribution < 1.29 is 14.6 Å². The molecule has 1 aromatic carbocycles. The van der Waals surface area contributed by atoms with Crippen LogP contribution in [0.3, 0.4) is 0 Å². The van der Waals surface area contributed by atoms with Gasteiger partial charge in [0.1, 0.15) is 0 Å². The maximum atomic E-state index is 10.0. The largest absolute Gasteiger partial charge is 0.504 e. The first-order valence-corrected chi connectivity index (χ1v) is 5.89. The Balaban J connectivity index is 0.00000144. The number of ether oxygens (including phenoxy) is 2. The van der Waals surface area contributed by atoms with Gasteiger partial charge >= 0.3 is 0 Å². The lowest BCUT2D eigenvalue weighted by molar-refractivity contribution is 0.0759. The molecular weight excluding hydrogens is 309 g/mol. The normalized spacial score (nSPS) is 19.5. The summed E-state index contributed by atoms with van der Waals surface area (Å²) in [5.74, 6) is 0.644. The number of rotatable bonds is 2. The minimum Gasteiger partial charge on any atom is -0.504 e. The number of nitrogens with one attached hydrogen (secondary N) is 1. The van der Waals surface area contributed by atoms with E-state index >= 15 is 0 Å². The standard InChI is InChI=1S/C11H14BrNO3.ClH/c1-15-10-5-7(12)4-8(11(10)14)9-6-16-3-2-13-9;/h4-5,9,13-14H,2-3,6H2,1H3;1H/t9-;/m1./s1. The average molecular weight is 325 g/mol. The lowest BCUT2D eigenvalue weighted by Crippen LogP contribution is -2.34. The number of phenols is 1. The zero-order valence-corrected chi connectivity index (χ0v) is 11.8. The van der Waals surface area contributed by atoms with Gasteiger partial charge in [-0.25, -0.2) is 0 Å². The van der Waals surface area contributed by atoms with E-state index < -0.39 is 0 Å². The molecule has 1 heterocycles. The lowest BCUT2D eigenvalue weighted by Gasteiger charge is -2.25. The Kier molecular flexibility index (Phi) is 5.52. The van der Waals surface area contributed by atoms with Gasteiger partial charge < -0.3 is 19.9 Å². The number of hydrogen-bond acceptors (Lipinski definition) is 4. The molecule has 17 heavy (non-hydrogen) atoms. The Bertz CT molecular complexity index is 383. The van der Waals surface area contributed by atoms with Crippen molar-refractivity contribution in [3.8, 4) is 11.5 Å². The molecule has 0 radical (unpaired) electrons. The van der Waals surface area contributed by atoms with Crippen LogP contribution in [-0.4, -0.2) is 32.0 Å². The average Bonchev–Trinajstić information content (AvgIpc) is 2.33. The maximum Gasteiger partial charge on any atom is 0.162 e. The Morgan fingerprint density at radius 1 is 1.53 bits per heavy atom. The number of morpholine rings is 1. The zero-order valence-electron chi connectivity index (χ0n) is 9.40. The third-order valence-electron chi connectivity index (χ3n) is 2.59. The Morgan fingerprint density at radius 2 is 2.29 bits per heavy atom. The van der Waals surface area contributed by atoms with Crippen LogP contribution in [0.5, 0.6) is 11.5 Å². The number of benzene rings is 1. The summed E-state index contributed by atoms with van der Waals surface area (Å²) in [6.45, 7) is 2.06. The second-order valence-electron chi connectivity index (χ2n) is 3.63. The predicted molar refractivity (Wildman–Crippen MR) is 71.2 cm³/mol. The molecule has 0 amide bonds. The summed E-state index contributed by atoms with van der Waals surface area (Å²) in [5, 5.41) is 13.3. The topological polar surface area (TPSA) is 50.7 Å². The smallest absolute Gasteiger partial charge is 0.162 e. The highest BCUT2D eigenvalue weighted by Crippen LogP contribution is 2.37. The molecule has 0 spiro atoms. The van der Waals surface area contributed by atoms with E-state index in [0.29, 0.717) is 19.0 Å². The third kappa shape index (κ3) is 3.25. The van der Waals surface area contributed by atoms with E-state index in [0.717, 1.165) is 16.6 Å². The molecule has 0 saturated carbocycles. The van der Waals surface area contributed by atoms with Crippen LogP contribution in [0.1, 0.15) is 11.6 Å². The SMILES string of the molecule is COc1cc(Br)cc([C@H]2COCCN2)c1O.Cl. The summed E-state index contributed by atoms with van der Waals surface area (Å²) in [6, 6.07) is 3.63. The number of aromatic hydroxyl groups is 1. The third-order valence-corrected chi connectivity index (χ3v) is 3.04. The first-order chi connectivity index (χ1) is 7.72. The summed E-state index contributed by atoms with van der Waals surface area (Å²) in [4.78, 5) is 0. The number of halogens is 2. The number of phenolic OH excluding ortho intramolecular Hbond substituents is 1. The highest BCUT2D eigenvalue weighted by molar-refractivity contribution is 9.10. The maximum absolute atomic E-state index is 10.0. The summed E-state index contributed by atoms with van der Waals surface area (Å²) >= 11 is 3.39. The predicted octanol–water partition coefficient (Wildman–Crippen LogP) is 2.25. The molecule has 1 aromatic rings. The van der Waals surface area contributed by atoms with Crippen LogP contribution in [0, 0.1) is 0 Å². The summed E-state index contributed by atoms with van der Waals surface area (Å²) in [7, 11) is 1.54. The van der Waals surface area contributed by atoms with E-state index in [-0.39, 0.29) is 24.2 Å². The molecule has 1 aliphatic heterocycles. The molecule has 0 aromatic heterocycles. The van der Waals surface area contributed by atoms with Crippen molar-refractivity contribution in [2.75, 3.05) is 26.9 Å². The molecule has 0 unspecified atom stereocenters. The second kappa shape index (κ2) is 6.44. The molecule has 2 rings (SSSR count). The fraction of sp³-hybridized carbons (Fsp3) is 0.455. The Labute approximate surface area is 115 Å². The molecule has 0 bridgehead atoms. The van der Waals surface area contributed by atoms with E-state index in [1.807, 2.05) is 6.07 Å². The highest BCUT2D eigenvalue weighted by Gasteiger charge is 2.21. The molecule has 2 N–H and O–H groups in total. The van der Waals surface area contributed by atoms with Gasteiger partial charge in [-0.2, -0.15) is 0 Å². The van der Waals surface area contributed by atoms with Gasteiger partial charge in [0.15, 0.2) is 11.5 Å².